The molecule has 2 nitrogen and oxygen atoms in total. The third kappa shape index (κ3) is 2.88. The molecule has 2 N–H and O–H groups in total. The minimum absolute atomic E-state index is 0.263. The number of aromatic nitrogens is 1. The summed E-state index contributed by atoms with van der Waals surface area (Å²) in [6.45, 7) is 4.14. The van der Waals surface area contributed by atoms with Crippen LogP contribution in [-0.2, 0) is 5.54 Å². The Kier molecular flexibility index (Phi) is 4.38. The Labute approximate surface area is 125 Å². The molecular formula is C14H16BrFN2S. The van der Waals surface area contributed by atoms with Gasteiger partial charge in [-0.05, 0) is 47.0 Å². The zero-order valence-corrected chi connectivity index (χ0v) is 13.3. The second-order valence-electron chi connectivity index (χ2n) is 4.53. The van der Waals surface area contributed by atoms with Crippen LogP contribution in [0.15, 0.2) is 28.1 Å². The van der Waals surface area contributed by atoms with Gasteiger partial charge in [0.2, 0.25) is 0 Å². The Hall–Kier alpha value is -0.780. The monoisotopic (exact) mass is 342 g/mol. The second-order valence-corrected chi connectivity index (χ2v) is 6.24. The van der Waals surface area contributed by atoms with Crippen LogP contribution in [0.25, 0.3) is 11.3 Å². The first-order valence-corrected chi connectivity index (χ1v) is 7.87. The number of halogens is 2. The maximum Gasteiger partial charge on any atom is 0.124 e. The highest BCUT2D eigenvalue weighted by atomic mass is 79.9. The Morgan fingerprint density at radius 3 is 2.63 bits per heavy atom. The molecule has 0 radical (unpaired) electrons. The smallest absolute Gasteiger partial charge is 0.124 e. The number of benzene rings is 1. The Morgan fingerprint density at radius 2 is 2.05 bits per heavy atom. The fourth-order valence-corrected chi connectivity index (χ4v) is 3.51. The SMILES string of the molecule is CCC(N)(CC)c1nc(-c2ccc(F)cc2Br)cs1. The van der Waals surface area contributed by atoms with Gasteiger partial charge in [-0.1, -0.05) is 13.8 Å². The first kappa shape index (κ1) is 14.6. The van der Waals surface area contributed by atoms with E-state index in [0.29, 0.717) is 4.47 Å². The minimum atomic E-state index is -0.366. The van der Waals surface area contributed by atoms with E-state index in [1.807, 2.05) is 5.38 Å². The molecule has 2 aromatic rings. The van der Waals surface area contributed by atoms with E-state index in [9.17, 15) is 4.39 Å². The average Bonchev–Trinajstić information content (AvgIpc) is 2.88. The number of rotatable bonds is 4. The summed E-state index contributed by atoms with van der Waals surface area (Å²) in [5, 5.41) is 2.91. The van der Waals surface area contributed by atoms with Crippen LogP contribution < -0.4 is 5.73 Å². The molecule has 0 saturated heterocycles. The van der Waals surface area contributed by atoms with E-state index < -0.39 is 0 Å². The quantitative estimate of drug-likeness (QED) is 0.875. The molecule has 19 heavy (non-hydrogen) atoms. The van der Waals surface area contributed by atoms with Crippen molar-refractivity contribution >= 4 is 27.3 Å². The Morgan fingerprint density at radius 1 is 1.37 bits per heavy atom. The fourth-order valence-electron chi connectivity index (χ4n) is 1.88. The van der Waals surface area contributed by atoms with Crippen LogP contribution in [0, 0.1) is 5.82 Å². The Balaban J connectivity index is 2.41. The molecule has 0 atom stereocenters. The van der Waals surface area contributed by atoms with E-state index in [4.69, 9.17) is 5.73 Å². The largest absolute Gasteiger partial charge is 0.319 e. The summed E-state index contributed by atoms with van der Waals surface area (Å²) < 4.78 is 13.8. The lowest BCUT2D eigenvalue weighted by Crippen LogP contribution is -2.34. The summed E-state index contributed by atoms with van der Waals surface area (Å²) in [7, 11) is 0. The van der Waals surface area contributed by atoms with Crippen molar-refractivity contribution in [2.24, 2.45) is 5.73 Å². The van der Waals surface area contributed by atoms with Crippen molar-refractivity contribution in [2.45, 2.75) is 32.2 Å². The lowest BCUT2D eigenvalue weighted by atomic mass is 9.95. The maximum absolute atomic E-state index is 13.1. The standard InChI is InChI=1S/C14H16BrFN2S/c1-3-14(17,4-2)13-18-12(8-19-13)10-6-5-9(16)7-11(10)15/h5-8H,3-4,17H2,1-2H3. The molecule has 1 aromatic carbocycles. The number of thiazole rings is 1. The van der Waals surface area contributed by atoms with Crippen LogP contribution in [0.5, 0.6) is 0 Å². The molecule has 0 aliphatic heterocycles. The molecule has 0 aliphatic rings. The molecule has 0 saturated carbocycles. The van der Waals surface area contributed by atoms with Crippen LogP contribution in [0.4, 0.5) is 4.39 Å². The third-order valence-corrected chi connectivity index (χ3v) is 5.12. The molecule has 1 heterocycles. The van der Waals surface area contributed by atoms with Gasteiger partial charge in [-0.3, -0.25) is 0 Å². The van der Waals surface area contributed by atoms with Gasteiger partial charge < -0.3 is 5.73 Å². The molecule has 0 unspecified atom stereocenters. The normalized spacial score (nSPS) is 11.8. The van der Waals surface area contributed by atoms with Crippen LogP contribution in [0.3, 0.4) is 0 Å². The van der Waals surface area contributed by atoms with E-state index >= 15 is 0 Å². The first-order valence-electron chi connectivity index (χ1n) is 6.20. The molecule has 0 amide bonds. The topological polar surface area (TPSA) is 38.9 Å². The van der Waals surface area contributed by atoms with E-state index in [0.717, 1.165) is 29.1 Å². The molecule has 0 fully saturated rings. The van der Waals surface area contributed by atoms with Crippen molar-refractivity contribution in [3.05, 3.63) is 38.9 Å². The van der Waals surface area contributed by atoms with E-state index in [-0.39, 0.29) is 11.4 Å². The summed E-state index contributed by atoms with van der Waals surface area (Å²) in [6.07, 6.45) is 1.70. The van der Waals surface area contributed by atoms with Gasteiger partial charge in [0.05, 0.1) is 11.2 Å². The zero-order valence-electron chi connectivity index (χ0n) is 10.9. The van der Waals surface area contributed by atoms with Crippen LogP contribution in [0.1, 0.15) is 31.7 Å². The van der Waals surface area contributed by atoms with Crippen molar-refractivity contribution in [1.82, 2.24) is 4.98 Å². The fraction of sp³-hybridized carbons (Fsp3) is 0.357. The summed E-state index contributed by atoms with van der Waals surface area (Å²) >= 11 is 4.93. The highest BCUT2D eigenvalue weighted by molar-refractivity contribution is 9.10. The second kappa shape index (κ2) is 5.69. The third-order valence-electron chi connectivity index (χ3n) is 3.40. The van der Waals surface area contributed by atoms with Crippen molar-refractivity contribution in [3.8, 4) is 11.3 Å². The summed E-state index contributed by atoms with van der Waals surface area (Å²) in [4.78, 5) is 4.63. The predicted molar refractivity (Wildman–Crippen MR) is 81.7 cm³/mol. The van der Waals surface area contributed by atoms with Gasteiger partial charge in [-0.2, -0.15) is 0 Å². The summed E-state index contributed by atoms with van der Waals surface area (Å²) in [5.74, 6) is -0.263. The van der Waals surface area contributed by atoms with Gasteiger partial charge in [0.25, 0.3) is 0 Å². The van der Waals surface area contributed by atoms with Gasteiger partial charge in [0, 0.05) is 15.4 Å². The minimum Gasteiger partial charge on any atom is -0.319 e. The number of hydrogen-bond donors (Lipinski definition) is 1. The number of nitrogens with two attached hydrogens (primary N) is 1. The molecule has 5 heteroatoms. The predicted octanol–water partition coefficient (Wildman–Crippen LogP) is 4.69. The lowest BCUT2D eigenvalue weighted by Gasteiger charge is -2.23. The lowest BCUT2D eigenvalue weighted by molar-refractivity contribution is 0.411. The average molecular weight is 343 g/mol. The highest BCUT2D eigenvalue weighted by Crippen LogP contribution is 2.34. The molecule has 0 spiro atoms. The molecule has 1 aromatic heterocycles. The number of hydrogen-bond acceptors (Lipinski definition) is 3. The summed E-state index contributed by atoms with van der Waals surface area (Å²) in [5.41, 5.74) is 7.71. The molecule has 2 rings (SSSR count). The summed E-state index contributed by atoms with van der Waals surface area (Å²) in [6, 6.07) is 4.62. The maximum atomic E-state index is 13.1. The van der Waals surface area contributed by atoms with E-state index in [2.05, 4.69) is 34.8 Å². The van der Waals surface area contributed by atoms with Crippen LogP contribution >= 0.6 is 27.3 Å². The highest BCUT2D eigenvalue weighted by Gasteiger charge is 2.26. The van der Waals surface area contributed by atoms with Crippen LogP contribution in [0.2, 0.25) is 0 Å². The van der Waals surface area contributed by atoms with Crippen molar-refractivity contribution in [2.75, 3.05) is 0 Å². The molecule has 0 bridgehead atoms. The van der Waals surface area contributed by atoms with Crippen LogP contribution in [-0.4, -0.2) is 4.98 Å². The van der Waals surface area contributed by atoms with Gasteiger partial charge in [-0.15, -0.1) is 11.3 Å². The Bertz CT molecular complexity index is 579. The first-order chi connectivity index (χ1) is 9.00. The van der Waals surface area contributed by atoms with Gasteiger partial charge in [0.15, 0.2) is 0 Å². The van der Waals surface area contributed by atoms with Crippen molar-refractivity contribution < 1.29 is 4.39 Å². The van der Waals surface area contributed by atoms with Gasteiger partial charge in [0.1, 0.15) is 10.8 Å². The molecular weight excluding hydrogens is 327 g/mol. The van der Waals surface area contributed by atoms with Gasteiger partial charge in [-0.25, -0.2) is 9.37 Å². The van der Waals surface area contributed by atoms with E-state index in [1.54, 1.807) is 17.4 Å². The van der Waals surface area contributed by atoms with Gasteiger partial charge >= 0.3 is 0 Å². The zero-order chi connectivity index (χ0) is 14.0. The van der Waals surface area contributed by atoms with Crippen molar-refractivity contribution in [3.63, 3.8) is 0 Å². The molecule has 0 aliphatic carbocycles. The van der Waals surface area contributed by atoms with E-state index in [1.165, 1.54) is 12.1 Å². The molecule has 102 valence electrons. The van der Waals surface area contributed by atoms with Crippen molar-refractivity contribution in [1.29, 1.82) is 0 Å². The number of nitrogens with zero attached hydrogens (tertiary/aromatic N) is 1.